The largest absolute Gasteiger partial charge is 0.348 e. The van der Waals surface area contributed by atoms with Crippen LogP contribution in [0.4, 0.5) is 11.5 Å². The summed E-state index contributed by atoms with van der Waals surface area (Å²) in [5.74, 6) is 0.102. The van der Waals surface area contributed by atoms with Crippen molar-refractivity contribution in [3.05, 3.63) is 54.1 Å². The van der Waals surface area contributed by atoms with Crippen LogP contribution in [0.1, 0.15) is 42.7 Å². The average Bonchev–Trinajstić information content (AvgIpc) is 3.54. The van der Waals surface area contributed by atoms with Gasteiger partial charge in [-0.2, -0.15) is 5.10 Å². The number of benzene rings is 1. The van der Waals surface area contributed by atoms with Crippen LogP contribution in [-0.4, -0.2) is 56.6 Å². The molecule has 1 aromatic carbocycles. The second-order valence-corrected chi connectivity index (χ2v) is 8.26. The standard InChI is InChI=1S/C23H24N6O3/c1-23(2)31-13-18(32-23)7-8-20(30)15-3-5-17(6-4-15)28-21-22-26-14-27-29(22)19(12-25-21)16-9-10-24-11-16/h3-6,9,11-12,14,18H,7-8,10,13H2,1-2H3,(H,25,28). The van der Waals surface area contributed by atoms with Crippen LogP contribution >= 0.6 is 0 Å². The molecule has 4 heterocycles. The number of hydrogen-bond acceptors (Lipinski definition) is 8. The molecule has 5 rings (SSSR count). The van der Waals surface area contributed by atoms with Gasteiger partial charge in [0.1, 0.15) is 6.33 Å². The van der Waals surface area contributed by atoms with Gasteiger partial charge < -0.3 is 14.8 Å². The zero-order valence-electron chi connectivity index (χ0n) is 18.0. The molecule has 0 radical (unpaired) electrons. The molecule has 0 spiro atoms. The first-order valence-electron chi connectivity index (χ1n) is 10.6. The molecule has 164 valence electrons. The van der Waals surface area contributed by atoms with Gasteiger partial charge in [-0.25, -0.2) is 14.5 Å². The first kappa shape index (κ1) is 20.5. The monoisotopic (exact) mass is 432 g/mol. The number of fused-ring (bicyclic) bond motifs is 1. The van der Waals surface area contributed by atoms with Gasteiger partial charge >= 0.3 is 0 Å². The Morgan fingerprint density at radius 3 is 2.81 bits per heavy atom. The second kappa shape index (κ2) is 8.25. The highest BCUT2D eigenvalue weighted by atomic mass is 16.7. The third-order valence-electron chi connectivity index (χ3n) is 5.48. The fourth-order valence-electron chi connectivity index (χ4n) is 3.85. The number of rotatable bonds is 7. The van der Waals surface area contributed by atoms with Crippen molar-refractivity contribution >= 4 is 34.7 Å². The van der Waals surface area contributed by atoms with E-state index in [0.29, 0.717) is 43.0 Å². The van der Waals surface area contributed by atoms with Crippen LogP contribution in [0.3, 0.4) is 0 Å². The van der Waals surface area contributed by atoms with Gasteiger partial charge in [-0.1, -0.05) is 6.08 Å². The van der Waals surface area contributed by atoms with Crippen LogP contribution < -0.4 is 5.32 Å². The lowest BCUT2D eigenvalue weighted by Crippen LogP contribution is -2.21. The summed E-state index contributed by atoms with van der Waals surface area (Å²) in [5, 5.41) is 7.59. The number of anilines is 2. The minimum absolute atomic E-state index is 0.0410. The minimum atomic E-state index is -0.565. The molecule has 1 atom stereocenters. The van der Waals surface area contributed by atoms with Gasteiger partial charge in [0.05, 0.1) is 31.1 Å². The van der Waals surface area contributed by atoms with Crippen molar-refractivity contribution in [2.24, 2.45) is 4.99 Å². The number of carbonyl (C=O) groups is 1. The second-order valence-electron chi connectivity index (χ2n) is 8.26. The van der Waals surface area contributed by atoms with E-state index in [1.54, 1.807) is 10.7 Å². The van der Waals surface area contributed by atoms with E-state index in [-0.39, 0.29) is 11.9 Å². The predicted molar refractivity (Wildman–Crippen MR) is 120 cm³/mol. The van der Waals surface area contributed by atoms with Crippen molar-refractivity contribution in [1.82, 2.24) is 19.6 Å². The van der Waals surface area contributed by atoms with E-state index in [2.05, 4.69) is 25.4 Å². The van der Waals surface area contributed by atoms with Crippen LogP contribution in [0.2, 0.25) is 0 Å². The molecular weight excluding hydrogens is 408 g/mol. The molecule has 9 nitrogen and oxygen atoms in total. The number of nitrogens with one attached hydrogen (secondary N) is 1. The summed E-state index contributed by atoms with van der Waals surface area (Å²) in [4.78, 5) is 25.7. The summed E-state index contributed by atoms with van der Waals surface area (Å²) in [7, 11) is 0. The molecule has 3 aromatic rings. The number of nitrogens with zero attached hydrogens (tertiary/aromatic N) is 5. The smallest absolute Gasteiger partial charge is 0.199 e. The fraction of sp³-hybridized carbons (Fsp3) is 0.348. The SMILES string of the molecule is CC1(C)OCC(CCC(=O)c2ccc(Nc3ncc(C4=CCN=C4)n4ncnc34)cc2)O1. The normalized spacial score (nSPS) is 19.4. The molecule has 1 unspecified atom stereocenters. The number of Topliss-reactive ketones (excluding diaryl/α,β-unsaturated/α-hetero) is 1. The van der Waals surface area contributed by atoms with Crippen molar-refractivity contribution in [1.29, 1.82) is 0 Å². The highest BCUT2D eigenvalue weighted by Crippen LogP contribution is 2.26. The molecule has 0 aliphatic carbocycles. The van der Waals surface area contributed by atoms with Crippen molar-refractivity contribution < 1.29 is 14.3 Å². The van der Waals surface area contributed by atoms with Crippen LogP contribution in [-0.2, 0) is 9.47 Å². The Hall–Kier alpha value is -3.43. The number of hydrogen-bond donors (Lipinski definition) is 1. The van der Waals surface area contributed by atoms with Gasteiger partial charge in [0.25, 0.3) is 0 Å². The van der Waals surface area contributed by atoms with Crippen molar-refractivity contribution in [2.75, 3.05) is 18.5 Å². The number of carbonyl (C=O) groups excluding carboxylic acids is 1. The summed E-state index contributed by atoms with van der Waals surface area (Å²) < 4.78 is 13.1. The summed E-state index contributed by atoms with van der Waals surface area (Å²) in [6, 6.07) is 7.35. The van der Waals surface area contributed by atoms with Gasteiger partial charge in [0.2, 0.25) is 0 Å². The maximum atomic E-state index is 12.6. The molecule has 0 bridgehead atoms. The molecule has 1 saturated heterocycles. The summed E-state index contributed by atoms with van der Waals surface area (Å²) >= 11 is 0. The zero-order chi connectivity index (χ0) is 22.1. The highest BCUT2D eigenvalue weighted by molar-refractivity contribution is 6.11. The first-order chi connectivity index (χ1) is 15.5. The lowest BCUT2D eigenvalue weighted by atomic mass is 10.0. The van der Waals surface area contributed by atoms with E-state index in [0.717, 1.165) is 17.0 Å². The first-order valence-corrected chi connectivity index (χ1v) is 10.6. The Kier molecular flexibility index (Phi) is 5.28. The van der Waals surface area contributed by atoms with Gasteiger partial charge in [0.15, 0.2) is 23.0 Å². The summed E-state index contributed by atoms with van der Waals surface area (Å²) in [6.45, 7) is 4.96. The number of aliphatic imine (C=N–C) groups is 1. The van der Waals surface area contributed by atoms with E-state index in [4.69, 9.17) is 9.47 Å². The number of aromatic nitrogens is 4. The van der Waals surface area contributed by atoms with Crippen LogP contribution in [0.15, 0.2) is 47.9 Å². The van der Waals surface area contributed by atoms with Crippen LogP contribution in [0, 0.1) is 0 Å². The van der Waals surface area contributed by atoms with E-state index in [9.17, 15) is 4.79 Å². The third-order valence-corrected chi connectivity index (χ3v) is 5.48. The van der Waals surface area contributed by atoms with Crippen molar-refractivity contribution in [3.63, 3.8) is 0 Å². The molecular formula is C23H24N6O3. The average molecular weight is 432 g/mol. The van der Waals surface area contributed by atoms with E-state index in [1.807, 2.05) is 50.4 Å². The lowest BCUT2D eigenvalue weighted by molar-refractivity contribution is -0.138. The molecule has 2 aliphatic rings. The molecule has 0 saturated carbocycles. The van der Waals surface area contributed by atoms with Gasteiger partial charge in [-0.3, -0.25) is 9.79 Å². The maximum absolute atomic E-state index is 12.6. The molecule has 2 aromatic heterocycles. The van der Waals surface area contributed by atoms with Gasteiger partial charge in [0, 0.05) is 29.5 Å². The molecule has 0 amide bonds. The summed E-state index contributed by atoms with van der Waals surface area (Å²) in [6.07, 6.45) is 8.10. The number of allylic oxidation sites excluding steroid dienone is 1. The Balaban J connectivity index is 1.26. The fourth-order valence-corrected chi connectivity index (χ4v) is 3.85. The Morgan fingerprint density at radius 1 is 1.25 bits per heavy atom. The highest BCUT2D eigenvalue weighted by Gasteiger charge is 2.32. The van der Waals surface area contributed by atoms with Gasteiger partial charge in [-0.15, -0.1) is 0 Å². The summed E-state index contributed by atoms with van der Waals surface area (Å²) in [5.41, 5.74) is 3.90. The lowest BCUT2D eigenvalue weighted by Gasteiger charge is -2.16. The molecule has 2 aliphatic heterocycles. The Bertz CT molecular complexity index is 1210. The Morgan fingerprint density at radius 2 is 2.09 bits per heavy atom. The quantitative estimate of drug-likeness (QED) is 0.570. The minimum Gasteiger partial charge on any atom is -0.348 e. The van der Waals surface area contributed by atoms with Gasteiger partial charge in [-0.05, 0) is 44.5 Å². The molecule has 9 heteroatoms. The topological polar surface area (TPSA) is 103 Å². The molecule has 32 heavy (non-hydrogen) atoms. The maximum Gasteiger partial charge on any atom is 0.199 e. The van der Waals surface area contributed by atoms with Crippen LogP contribution in [0.25, 0.3) is 11.2 Å². The number of ketones is 1. The predicted octanol–water partition coefficient (Wildman–Crippen LogP) is 3.45. The van der Waals surface area contributed by atoms with Crippen molar-refractivity contribution in [2.45, 2.75) is 38.6 Å². The zero-order valence-corrected chi connectivity index (χ0v) is 18.0. The number of ether oxygens (including phenoxy) is 2. The molecule has 1 N–H and O–H groups in total. The third kappa shape index (κ3) is 4.17. The Labute approximate surface area is 185 Å². The van der Waals surface area contributed by atoms with Crippen LogP contribution in [0.5, 0.6) is 0 Å². The molecule has 1 fully saturated rings. The van der Waals surface area contributed by atoms with E-state index >= 15 is 0 Å². The van der Waals surface area contributed by atoms with E-state index in [1.165, 1.54) is 6.33 Å². The van der Waals surface area contributed by atoms with E-state index < -0.39 is 5.79 Å². The van der Waals surface area contributed by atoms with Crippen molar-refractivity contribution in [3.8, 4) is 0 Å².